The Kier molecular flexibility index (Phi) is 8.80. The summed E-state index contributed by atoms with van der Waals surface area (Å²) in [7, 11) is -2.59. The second kappa shape index (κ2) is 12.0. The van der Waals surface area contributed by atoms with Crippen LogP contribution in [0.4, 0.5) is 5.69 Å². The summed E-state index contributed by atoms with van der Waals surface area (Å²) in [6, 6.07) is 24.7. The number of rotatable bonds is 10. The number of ether oxygens (including phenoxy) is 1. The van der Waals surface area contributed by atoms with Crippen molar-refractivity contribution in [1.29, 1.82) is 0 Å². The van der Waals surface area contributed by atoms with Crippen molar-refractivity contribution in [2.75, 3.05) is 18.6 Å². The number of nitrogens with zero attached hydrogens (tertiary/aromatic N) is 1. The van der Waals surface area contributed by atoms with Crippen LogP contribution in [-0.2, 0) is 26.0 Å². The van der Waals surface area contributed by atoms with E-state index in [0.29, 0.717) is 29.1 Å². The van der Waals surface area contributed by atoms with E-state index in [1.807, 2.05) is 12.1 Å². The van der Waals surface area contributed by atoms with Crippen LogP contribution in [0.15, 0.2) is 90.3 Å². The number of hydrogen-bond donors (Lipinski definition) is 1. The first kappa shape index (κ1) is 25.7. The molecular weight excluding hydrogens is 464 g/mol. The Labute approximate surface area is 206 Å². The van der Waals surface area contributed by atoms with Gasteiger partial charge in [0.05, 0.1) is 12.5 Å². The minimum Gasteiger partial charge on any atom is -0.497 e. The molecule has 35 heavy (non-hydrogen) atoms. The van der Waals surface area contributed by atoms with E-state index in [-0.39, 0.29) is 6.42 Å². The largest absolute Gasteiger partial charge is 0.497 e. The summed E-state index contributed by atoms with van der Waals surface area (Å²) in [5.41, 5.74) is 1.98. The van der Waals surface area contributed by atoms with Gasteiger partial charge >= 0.3 is 0 Å². The maximum atomic E-state index is 13.5. The first-order chi connectivity index (χ1) is 16.8. The Bertz CT molecular complexity index is 1260. The van der Waals surface area contributed by atoms with Gasteiger partial charge in [-0.15, -0.1) is 0 Å². The maximum Gasteiger partial charge on any atom is 0.257 e. The predicted octanol–water partition coefficient (Wildman–Crippen LogP) is 4.02. The van der Waals surface area contributed by atoms with Crippen LogP contribution in [0.3, 0.4) is 0 Å². The molecule has 8 heteroatoms. The zero-order chi connectivity index (χ0) is 25.3. The lowest BCUT2D eigenvalue weighted by Crippen LogP contribution is -2.46. The number of nitrogens with one attached hydrogen (secondary N) is 1. The Hall–Kier alpha value is -3.91. The van der Waals surface area contributed by atoms with Gasteiger partial charge in [0.1, 0.15) is 11.7 Å². The molecule has 0 saturated heterocycles. The molecule has 0 bridgehead atoms. The maximum absolute atomic E-state index is 13.5. The fourth-order valence-electron chi connectivity index (χ4n) is 3.53. The predicted molar refractivity (Wildman–Crippen MR) is 137 cm³/mol. The standard InChI is InChI=1S/C27H28N2O5S/c1-3-29(23-12-8-5-9-13-23)27(31)25(20-22-14-16-24(34-2)17-15-22)26(30)28-35(32,33)19-18-21-10-6-4-7-11-21/h4-19,25H,3,20H2,1-2H3,(H,28,30)/b19-18+. The number of amides is 2. The molecule has 7 nitrogen and oxygen atoms in total. The molecule has 3 aromatic carbocycles. The van der Waals surface area contributed by atoms with Crippen molar-refractivity contribution in [3.63, 3.8) is 0 Å². The van der Waals surface area contributed by atoms with Crippen LogP contribution in [-0.4, -0.2) is 33.9 Å². The number of methoxy groups -OCH3 is 1. The molecule has 0 aliphatic heterocycles. The SMILES string of the molecule is CCN(C(=O)C(Cc1ccc(OC)cc1)C(=O)NS(=O)(=O)/C=C/c1ccccc1)c1ccccc1. The highest BCUT2D eigenvalue weighted by Crippen LogP contribution is 2.21. The van der Waals surface area contributed by atoms with E-state index < -0.39 is 27.8 Å². The molecule has 0 radical (unpaired) electrons. The molecule has 0 aliphatic rings. The van der Waals surface area contributed by atoms with E-state index in [9.17, 15) is 18.0 Å². The third-order valence-corrected chi connectivity index (χ3v) is 6.33. The molecule has 0 saturated carbocycles. The minimum atomic E-state index is -4.13. The molecule has 0 heterocycles. The van der Waals surface area contributed by atoms with Gasteiger partial charge in [0, 0.05) is 12.2 Å². The van der Waals surface area contributed by atoms with Crippen molar-refractivity contribution >= 4 is 33.6 Å². The quantitative estimate of drug-likeness (QED) is 0.432. The van der Waals surface area contributed by atoms with Gasteiger partial charge in [-0.1, -0.05) is 60.7 Å². The van der Waals surface area contributed by atoms with Gasteiger partial charge < -0.3 is 9.64 Å². The molecule has 0 aromatic heterocycles. The van der Waals surface area contributed by atoms with E-state index in [1.54, 1.807) is 86.8 Å². The van der Waals surface area contributed by atoms with Crippen LogP contribution in [0.1, 0.15) is 18.1 Å². The summed E-state index contributed by atoms with van der Waals surface area (Å²) in [6.07, 6.45) is 1.41. The van der Waals surface area contributed by atoms with Crippen molar-refractivity contribution in [2.45, 2.75) is 13.3 Å². The lowest BCUT2D eigenvalue weighted by molar-refractivity contribution is -0.132. The summed E-state index contributed by atoms with van der Waals surface area (Å²) < 4.78 is 32.5. The number of benzene rings is 3. The highest BCUT2D eigenvalue weighted by atomic mass is 32.2. The summed E-state index contributed by atoms with van der Waals surface area (Å²) in [6.45, 7) is 2.11. The molecule has 1 N–H and O–H groups in total. The third kappa shape index (κ3) is 7.28. The molecule has 1 unspecified atom stereocenters. The van der Waals surface area contributed by atoms with Crippen LogP contribution in [0.25, 0.3) is 6.08 Å². The molecule has 2 amide bonds. The van der Waals surface area contributed by atoms with Crippen LogP contribution in [0.5, 0.6) is 5.75 Å². The third-order valence-electron chi connectivity index (χ3n) is 5.35. The second-order valence-electron chi connectivity index (χ2n) is 7.75. The number of hydrogen-bond acceptors (Lipinski definition) is 5. The van der Waals surface area contributed by atoms with Gasteiger partial charge in [-0.05, 0) is 54.8 Å². The van der Waals surface area contributed by atoms with Crippen molar-refractivity contribution in [2.24, 2.45) is 5.92 Å². The van der Waals surface area contributed by atoms with Gasteiger partial charge in [-0.25, -0.2) is 13.1 Å². The summed E-state index contributed by atoms with van der Waals surface area (Å²) in [5, 5.41) is 0.921. The number of para-hydroxylation sites is 1. The zero-order valence-electron chi connectivity index (χ0n) is 19.6. The Morgan fingerprint density at radius 3 is 2.11 bits per heavy atom. The smallest absolute Gasteiger partial charge is 0.257 e. The average molecular weight is 493 g/mol. The van der Waals surface area contributed by atoms with E-state index >= 15 is 0 Å². The second-order valence-corrected chi connectivity index (χ2v) is 9.31. The number of anilines is 1. The molecule has 3 aromatic rings. The minimum absolute atomic E-state index is 0.0237. The first-order valence-electron chi connectivity index (χ1n) is 11.1. The first-order valence-corrected chi connectivity index (χ1v) is 12.7. The normalized spacial score (nSPS) is 12.2. The summed E-state index contributed by atoms with van der Waals surface area (Å²) in [4.78, 5) is 28.2. The van der Waals surface area contributed by atoms with Gasteiger partial charge in [0.15, 0.2) is 0 Å². The topological polar surface area (TPSA) is 92.8 Å². The molecule has 1 atom stereocenters. The molecular formula is C27H28N2O5S. The lowest BCUT2D eigenvalue weighted by atomic mass is 9.96. The summed E-state index contributed by atoms with van der Waals surface area (Å²) >= 11 is 0. The van der Waals surface area contributed by atoms with Crippen LogP contribution in [0, 0.1) is 5.92 Å². The average Bonchev–Trinajstić information content (AvgIpc) is 2.88. The highest BCUT2D eigenvalue weighted by Gasteiger charge is 2.33. The van der Waals surface area contributed by atoms with Gasteiger partial charge in [-0.3, -0.25) is 9.59 Å². The van der Waals surface area contributed by atoms with Crippen LogP contribution < -0.4 is 14.4 Å². The van der Waals surface area contributed by atoms with E-state index in [2.05, 4.69) is 4.72 Å². The van der Waals surface area contributed by atoms with Crippen LogP contribution >= 0.6 is 0 Å². The Morgan fingerprint density at radius 2 is 1.54 bits per heavy atom. The van der Waals surface area contributed by atoms with Crippen molar-refractivity contribution in [1.82, 2.24) is 4.72 Å². The molecule has 0 fully saturated rings. The Morgan fingerprint density at radius 1 is 0.943 bits per heavy atom. The lowest BCUT2D eigenvalue weighted by Gasteiger charge is -2.26. The van der Waals surface area contributed by atoms with Gasteiger partial charge in [0.25, 0.3) is 10.0 Å². The fraction of sp³-hybridized carbons (Fsp3) is 0.185. The Balaban J connectivity index is 1.87. The van der Waals surface area contributed by atoms with Gasteiger partial charge in [-0.2, -0.15) is 0 Å². The van der Waals surface area contributed by atoms with Crippen molar-refractivity contribution < 1.29 is 22.7 Å². The summed E-state index contributed by atoms with van der Waals surface area (Å²) in [5.74, 6) is -2.01. The molecule has 182 valence electrons. The van der Waals surface area contributed by atoms with Crippen molar-refractivity contribution in [3.8, 4) is 5.75 Å². The molecule has 0 aliphatic carbocycles. The van der Waals surface area contributed by atoms with Crippen LogP contribution in [0.2, 0.25) is 0 Å². The number of sulfonamides is 1. The zero-order valence-corrected chi connectivity index (χ0v) is 20.4. The number of carbonyl (C=O) groups excluding carboxylic acids is 2. The van der Waals surface area contributed by atoms with Crippen molar-refractivity contribution in [3.05, 3.63) is 101 Å². The van der Waals surface area contributed by atoms with E-state index in [1.165, 1.54) is 11.0 Å². The fourth-order valence-corrected chi connectivity index (χ4v) is 4.36. The monoisotopic (exact) mass is 492 g/mol. The van der Waals surface area contributed by atoms with Gasteiger partial charge in [0.2, 0.25) is 11.8 Å². The van der Waals surface area contributed by atoms with E-state index in [0.717, 1.165) is 5.41 Å². The molecule has 3 rings (SSSR count). The van der Waals surface area contributed by atoms with E-state index in [4.69, 9.17) is 4.74 Å². The number of carbonyl (C=O) groups is 2. The molecule has 0 spiro atoms. The highest BCUT2D eigenvalue weighted by molar-refractivity contribution is 7.93.